The van der Waals surface area contributed by atoms with Crippen molar-refractivity contribution >= 4 is 0 Å². The molecule has 1 atom stereocenters. The van der Waals surface area contributed by atoms with Crippen LogP contribution in [0.2, 0.25) is 0 Å². The molecule has 2 aliphatic heterocycles. The number of hydrogen-bond acceptors (Lipinski definition) is 4. The first-order valence-corrected chi connectivity index (χ1v) is 7.71. The SMILES string of the molecule is COc1cc2c(cc1OC)C1Cc3ncccc3CN1CC2. The lowest BCUT2D eigenvalue weighted by atomic mass is 9.85. The lowest BCUT2D eigenvalue weighted by Crippen LogP contribution is -2.39. The Balaban J connectivity index is 1.77. The Kier molecular flexibility index (Phi) is 3.26. The molecule has 0 spiro atoms. The van der Waals surface area contributed by atoms with Crippen LogP contribution in [0, 0.1) is 0 Å². The number of pyridine rings is 1. The van der Waals surface area contributed by atoms with Crippen LogP contribution in [0.1, 0.15) is 28.4 Å². The summed E-state index contributed by atoms with van der Waals surface area (Å²) in [4.78, 5) is 7.13. The van der Waals surface area contributed by atoms with Crippen molar-refractivity contribution in [3.8, 4) is 11.5 Å². The van der Waals surface area contributed by atoms with Crippen LogP contribution >= 0.6 is 0 Å². The molecule has 114 valence electrons. The van der Waals surface area contributed by atoms with E-state index in [1.54, 1.807) is 14.2 Å². The van der Waals surface area contributed by atoms with Crippen LogP contribution in [0.25, 0.3) is 0 Å². The summed E-state index contributed by atoms with van der Waals surface area (Å²) in [6, 6.07) is 8.91. The first kappa shape index (κ1) is 13.6. The van der Waals surface area contributed by atoms with Crippen molar-refractivity contribution < 1.29 is 9.47 Å². The summed E-state index contributed by atoms with van der Waals surface area (Å²) in [5, 5.41) is 0. The summed E-state index contributed by atoms with van der Waals surface area (Å²) in [7, 11) is 3.39. The van der Waals surface area contributed by atoms with E-state index in [4.69, 9.17) is 9.47 Å². The van der Waals surface area contributed by atoms with Crippen molar-refractivity contribution in [1.82, 2.24) is 9.88 Å². The molecule has 3 heterocycles. The molecule has 0 saturated carbocycles. The predicted molar refractivity (Wildman–Crippen MR) is 84.3 cm³/mol. The van der Waals surface area contributed by atoms with Gasteiger partial charge < -0.3 is 9.47 Å². The molecule has 1 aromatic heterocycles. The van der Waals surface area contributed by atoms with Gasteiger partial charge in [0.15, 0.2) is 11.5 Å². The normalized spacial score (nSPS) is 19.8. The number of hydrogen-bond donors (Lipinski definition) is 0. The van der Waals surface area contributed by atoms with Gasteiger partial charge in [0.05, 0.1) is 14.2 Å². The van der Waals surface area contributed by atoms with Crippen molar-refractivity contribution in [2.45, 2.75) is 25.4 Å². The van der Waals surface area contributed by atoms with Gasteiger partial charge in [-0.05, 0) is 41.3 Å². The smallest absolute Gasteiger partial charge is 0.161 e. The van der Waals surface area contributed by atoms with E-state index in [9.17, 15) is 0 Å². The van der Waals surface area contributed by atoms with E-state index in [2.05, 4.69) is 28.1 Å². The largest absolute Gasteiger partial charge is 0.493 e. The maximum absolute atomic E-state index is 5.49. The number of methoxy groups -OCH3 is 2. The lowest BCUT2D eigenvalue weighted by Gasteiger charge is -2.41. The summed E-state index contributed by atoms with van der Waals surface area (Å²) >= 11 is 0. The zero-order valence-corrected chi connectivity index (χ0v) is 13.0. The second kappa shape index (κ2) is 5.29. The number of benzene rings is 1. The van der Waals surface area contributed by atoms with Crippen LogP contribution in [0.4, 0.5) is 0 Å². The third-order valence-corrected chi connectivity index (χ3v) is 4.86. The van der Waals surface area contributed by atoms with Gasteiger partial charge in [0.2, 0.25) is 0 Å². The molecule has 4 nitrogen and oxygen atoms in total. The molecule has 4 heteroatoms. The third-order valence-electron chi connectivity index (χ3n) is 4.86. The second-order valence-corrected chi connectivity index (χ2v) is 5.96. The quantitative estimate of drug-likeness (QED) is 0.853. The van der Waals surface area contributed by atoms with Gasteiger partial charge in [0, 0.05) is 37.4 Å². The minimum absolute atomic E-state index is 0.394. The standard InChI is InChI=1S/C18H20N2O2/c1-21-17-8-12-5-7-20-11-13-4-3-6-19-15(13)10-16(20)14(12)9-18(17)22-2/h3-4,6,8-9,16H,5,7,10-11H2,1-2H3. The molecule has 1 aromatic carbocycles. The highest BCUT2D eigenvalue weighted by molar-refractivity contribution is 5.50. The molecule has 0 aliphatic carbocycles. The van der Waals surface area contributed by atoms with Gasteiger partial charge in [0.25, 0.3) is 0 Å². The molecule has 0 radical (unpaired) electrons. The number of rotatable bonds is 2. The zero-order chi connectivity index (χ0) is 15.1. The van der Waals surface area contributed by atoms with Crippen LogP contribution in [-0.4, -0.2) is 30.6 Å². The van der Waals surface area contributed by atoms with Crippen LogP contribution in [0.5, 0.6) is 11.5 Å². The van der Waals surface area contributed by atoms with E-state index in [0.29, 0.717) is 6.04 Å². The Morgan fingerprint density at radius 3 is 2.77 bits per heavy atom. The average molecular weight is 296 g/mol. The van der Waals surface area contributed by atoms with Crippen LogP contribution in [0.15, 0.2) is 30.5 Å². The van der Waals surface area contributed by atoms with Gasteiger partial charge in [-0.2, -0.15) is 0 Å². The van der Waals surface area contributed by atoms with Crippen LogP contribution in [-0.2, 0) is 19.4 Å². The maximum atomic E-state index is 5.49. The molecular weight excluding hydrogens is 276 g/mol. The fraction of sp³-hybridized carbons (Fsp3) is 0.389. The number of fused-ring (bicyclic) bond motifs is 4. The lowest BCUT2D eigenvalue weighted by molar-refractivity contribution is 0.158. The number of nitrogens with zero attached hydrogens (tertiary/aromatic N) is 2. The van der Waals surface area contributed by atoms with Crippen molar-refractivity contribution in [3.63, 3.8) is 0 Å². The fourth-order valence-electron chi connectivity index (χ4n) is 3.71. The highest BCUT2D eigenvalue weighted by Gasteiger charge is 2.33. The number of ether oxygens (including phenoxy) is 2. The van der Waals surface area contributed by atoms with Gasteiger partial charge in [-0.15, -0.1) is 0 Å². The molecule has 22 heavy (non-hydrogen) atoms. The Hall–Kier alpha value is -2.07. The van der Waals surface area contributed by atoms with E-state index in [0.717, 1.165) is 37.4 Å². The molecule has 0 saturated heterocycles. The summed E-state index contributed by atoms with van der Waals surface area (Å²) < 4.78 is 10.9. The van der Waals surface area contributed by atoms with E-state index in [1.165, 1.54) is 22.4 Å². The summed E-state index contributed by atoms with van der Waals surface area (Å²) in [5.41, 5.74) is 5.33. The summed E-state index contributed by atoms with van der Waals surface area (Å²) in [6.45, 7) is 2.07. The van der Waals surface area contributed by atoms with Gasteiger partial charge in [0.1, 0.15) is 0 Å². The monoisotopic (exact) mass is 296 g/mol. The van der Waals surface area contributed by atoms with Crippen LogP contribution in [0.3, 0.4) is 0 Å². The van der Waals surface area contributed by atoms with E-state index in [1.807, 2.05) is 12.3 Å². The molecule has 1 unspecified atom stereocenters. The van der Waals surface area contributed by atoms with E-state index >= 15 is 0 Å². The van der Waals surface area contributed by atoms with Gasteiger partial charge in [-0.3, -0.25) is 9.88 Å². The van der Waals surface area contributed by atoms with Crippen molar-refractivity contribution in [1.29, 1.82) is 0 Å². The maximum Gasteiger partial charge on any atom is 0.161 e. The predicted octanol–water partition coefficient (Wildman–Crippen LogP) is 2.75. The topological polar surface area (TPSA) is 34.6 Å². The summed E-state index contributed by atoms with van der Waals surface area (Å²) in [5.74, 6) is 1.64. The van der Waals surface area contributed by atoms with Crippen molar-refractivity contribution in [2.24, 2.45) is 0 Å². The van der Waals surface area contributed by atoms with Crippen molar-refractivity contribution in [3.05, 3.63) is 52.8 Å². The molecule has 0 bridgehead atoms. The Labute approximate surface area is 130 Å². The zero-order valence-electron chi connectivity index (χ0n) is 13.0. The van der Waals surface area contributed by atoms with Crippen molar-refractivity contribution in [2.75, 3.05) is 20.8 Å². The second-order valence-electron chi connectivity index (χ2n) is 5.96. The Morgan fingerprint density at radius 1 is 1.14 bits per heavy atom. The first-order chi connectivity index (χ1) is 10.8. The van der Waals surface area contributed by atoms with E-state index in [-0.39, 0.29) is 0 Å². The van der Waals surface area contributed by atoms with Gasteiger partial charge in [-0.25, -0.2) is 0 Å². The molecular formula is C18H20N2O2. The Morgan fingerprint density at radius 2 is 1.95 bits per heavy atom. The minimum Gasteiger partial charge on any atom is -0.493 e. The first-order valence-electron chi connectivity index (χ1n) is 7.71. The molecule has 2 aromatic rings. The fourth-order valence-corrected chi connectivity index (χ4v) is 3.71. The minimum atomic E-state index is 0.394. The molecule has 4 rings (SSSR count). The van der Waals surface area contributed by atoms with Gasteiger partial charge >= 0.3 is 0 Å². The molecule has 0 N–H and O–H groups in total. The van der Waals surface area contributed by atoms with Crippen LogP contribution < -0.4 is 9.47 Å². The highest BCUT2D eigenvalue weighted by Crippen LogP contribution is 2.41. The number of aromatic nitrogens is 1. The molecule has 0 amide bonds. The Bertz CT molecular complexity index is 714. The average Bonchev–Trinajstić information content (AvgIpc) is 2.58. The van der Waals surface area contributed by atoms with E-state index < -0.39 is 0 Å². The highest BCUT2D eigenvalue weighted by atomic mass is 16.5. The molecule has 0 fully saturated rings. The third kappa shape index (κ3) is 2.06. The molecule has 2 aliphatic rings. The summed E-state index contributed by atoms with van der Waals surface area (Å²) in [6.07, 6.45) is 3.92. The van der Waals surface area contributed by atoms with Gasteiger partial charge in [-0.1, -0.05) is 6.07 Å².